The number of hydrogen-bond acceptors (Lipinski definition) is 4. The van der Waals surface area contributed by atoms with E-state index in [-0.39, 0.29) is 16.3 Å². The third-order valence-electron chi connectivity index (χ3n) is 3.29. The van der Waals surface area contributed by atoms with Crippen LogP contribution >= 0.6 is 11.6 Å². The number of rotatable bonds is 7. The molecule has 126 valence electrons. The number of anilines is 1. The second-order valence-electron chi connectivity index (χ2n) is 5.10. The summed E-state index contributed by atoms with van der Waals surface area (Å²) in [7, 11) is 0. The van der Waals surface area contributed by atoms with Crippen LogP contribution in [-0.4, -0.2) is 17.4 Å². The Morgan fingerprint density at radius 2 is 1.96 bits per heavy atom. The van der Waals surface area contributed by atoms with Gasteiger partial charge >= 0.3 is 0 Å². The van der Waals surface area contributed by atoms with Crippen molar-refractivity contribution in [2.24, 2.45) is 0 Å². The van der Waals surface area contributed by atoms with Gasteiger partial charge in [0.15, 0.2) is 0 Å². The lowest BCUT2D eigenvalue weighted by Crippen LogP contribution is -2.12. The number of hydrogen-bond donors (Lipinski definition) is 1. The summed E-state index contributed by atoms with van der Waals surface area (Å²) in [5.74, 6) is 0.296. The van der Waals surface area contributed by atoms with Crippen LogP contribution in [0.1, 0.15) is 30.1 Å². The predicted octanol–water partition coefficient (Wildman–Crippen LogP) is 4.68. The van der Waals surface area contributed by atoms with Crippen LogP contribution in [0.15, 0.2) is 42.5 Å². The van der Waals surface area contributed by atoms with Crippen molar-refractivity contribution < 1.29 is 14.5 Å². The van der Waals surface area contributed by atoms with Crippen LogP contribution in [0, 0.1) is 10.1 Å². The number of ether oxygens (including phenoxy) is 1. The fourth-order valence-corrected chi connectivity index (χ4v) is 2.23. The molecule has 0 aliphatic rings. The highest BCUT2D eigenvalue weighted by Gasteiger charge is 2.15. The molecule has 24 heavy (non-hydrogen) atoms. The summed E-state index contributed by atoms with van der Waals surface area (Å²) >= 11 is 5.95. The summed E-state index contributed by atoms with van der Waals surface area (Å²) in [5, 5.41) is 13.4. The van der Waals surface area contributed by atoms with Crippen molar-refractivity contribution in [3.63, 3.8) is 0 Å². The van der Waals surface area contributed by atoms with E-state index in [4.69, 9.17) is 16.3 Å². The van der Waals surface area contributed by atoms with E-state index in [1.165, 1.54) is 12.1 Å². The molecule has 2 aromatic rings. The zero-order valence-corrected chi connectivity index (χ0v) is 13.9. The smallest absolute Gasteiger partial charge is 0.270 e. The van der Waals surface area contributed by atoms with Gasteiger partial charge in [-0.3, -0.25) is 14.9 Å². The van der Waals surface area contributed by atoms with Crippen LogP contribution in [0.4, 0.5) is 11.4 Å². The van der Waals surface area contributed by atoms with Gasteiger partial charge in [0.2, 0.25) is 0 Å². The van der Waals surface area contributed by atoms with Crippen molar-refractivity contribution in [1.29, 1.82) is 0 Å². The van der Waals surface area contributed by atoms with Crippen LogP contribution in [-0.2, 0) is 0 Å². The van der Waals surface area contributed by atoms with E-state index < -0.39 is 10.8 Å². The molecule has 2 rings (SSSR count). The maximum Gasteiger partial charge on any atom is 0.270 e. The zero-order chi connectivity index (χ0) is 17.5. The average molecular weight is 349 g/mol. The Morgan fingerprint density at radius 3 is 2.54 bits per heavy atom. The minimum absolute atomic E-state index is 0.0289. The van der Waals surface area contributed by atoms with E-state index in [9.17, 15) is 14.9 Å². The number of nitro groups is 1. The number of carbonyl (C=O) groups excluding carboxylic acids is 1. The second kappa shape index (κ2) is 8.31. The van der Waals surface area contributed by atoms with Crippen LogP contribution in [0.5, 0.6) is 5.75 Å². The first-order chi connectivity index (χ1) is 11.5. The van der Waals surface area contributed by atoms with Gasteiger partial charge in [-0.05, 0) is 36.8 Å². The molecule has 0 spiro atoms. The van der Waals surface area contributed by atoms with E-state index in [0.717, 1.165) is 24.7 Å². The van der Waals surface area contributed by atoms with Gasteiger partial charge < -0.3 is 10.1 Å². The Balaban J connectivity index is 2.03. The molecule has 2 aromatic carbocycles. The standard InChI is InChI=1S/C17H17ClN2O4/c1-2-3-10-24-14-7-4-12(5-8-14)19-17(21)15-9-6-13(20(22)23)11-16(15)18/h4-9,11H,2-3,10H2,1H3,(H,19,21). The molecule has 0 heterocycles. The number of nitrogens with one attached hydrogen (secondary N) is 1. The first kappa shape index (κ1) is 17.7. The van der Waals surface area contributed by atoms with Crippen LogP contribution in [0.3, 0.4) is 0 Å². The minimum Gasteiger partial charge on any atom is -0.494 e. The number of nitrogens with zero attached hydrogens (tertiary/aromatic N) is 1. The van der Waals surface area contributed by atoms with Gasteiger partial charge in [0.25, 0.3) is 11.6 Å². The monoisotopic (exact) mass is 348 g/mol. The summed E-state index contributed by atoms with van der Waals surface area (Å²) in [6.07, 6.45) is 2.04. The lowest BCUT2D eigenvalue weighted by molar-refractivity contribution is -0.384. The summed E-state index contributed by atoms with van der Waals surface area (Å²) in [6, 6.07) is 10.7. The Labute approximate surface area is 144 Å². The second-order valence-corrected chi connectivity index (χ2v) is 5.51. The van der Waals surface area contributed by atoms with Crippen LogP contribution < -0.4 is 10.1 Å². The molecule has 6 nitrogen and oxygen atoms in total. The lowest BCUT2D eigenvalue weighted by atomic mass is 10.2. The van der Waals surface area contributed by atoms with Gasteiger partial charge in [-0.1, -0.05) is 24.9 Å². The molecule has 0 fully saturated rings. The first-order valence-electron chi connectivity index (χ1n) is 7.49. The van der Waals surface area contributed by atoms with Crippen molar-refractivity contribution in [1.82, 2.24) is 0 Å². The van der Waals surface area contributed by atoms with Gasteiger partial charge in [-0.15, -0.1) is 0 Å². The van der Waals surface area contributed by atoms with Gasteiger partial charge in [0, 0.05) is 17.8 Å². The number of benzene rings is 2. The van der Waals surface area contributed by atoms with Crippen LogP contribution in [0.2, 0.25) is 5.02 Å². The van der Waals surface area contributed by atoms with Crippen molar-refractivity contribution in [2.45, 2.75) is 19.8 Å². The summed E-state index contributed by atoms with van der Waals surface area (Å²) in [6.45, 7) is 2.74. The Kier molecular flexibility index (Phi) is 6.14. The van der Waals surface area contributed by atoms with E-state index in [1.807, 2.05) is 0 Å². The molecular formula is C17H17ClN2O4. The molecule has 0 saturated carbocycles. The molecule has 0 bridgehead atoms. The predicted molar refractivity (Wildman–Crippen MR) is 92.9 cm³/mol. The number of unbranched alkanes of at least 4 members (excludes halogenated alkanes) is 1. The Hall–Kier alpha value is -2.60. The van der Waals surface area contributed by atoms with E-state index in [2.05, 4.69) is 12.2 Å². The summed E-state index contributed by atoms with van der Waals surface area (Å²) < 4.78 is 5.55. The van der Waals surface area contributed by atoms with Gasteiger partial charge in [0.05, 0.1) is 22.1 Å². The molecule has 0 saturated heterocycles. The summed E-state index contributed by atoms with van der Waals surface area (Å²) in [4.78, 5) is 22.3. The Bertz CT molecular complexity index is 732. The fourth-order valence-electron chi connectivity index (χ4n) is 1.97. The molecule has 1 amide bonds. The number of halogens is 1. The van der Waals surface area contributed by atoms with Crippen molar-refractivity contribution in [3.8, 4) is 5.75 Å². The first-order valence-corrected chi connectivity index (χ1v) is 7.87. The number of nitro benzene ring substituents is 1. The third kappa shape index (κ3) is 4.70. The number of amides is 1. The number of carbonyl (C=O) groups is 1. The third-order valence-corrected chi connectivity index (χ3v) is 3.60. The van der Waals surface area contributed by atoms with Crippen molar-refractivity contribution >= 4 is 28.9 Å². The maximum atomic E-state index is 12.2. The van der Waals surface area contributed by atoms with E-state index in [0.29, 0.717) is 12.3 Å². The molecule has 0 unspecified atom stereocenters. The minimum atomic E-state index is -0.565. The van der Waals surface area contributed by atoms with Gasteiger partial charge in [-0.25, -0.2) is 0 Å². The molecular weight excluding hydrogens is 332 g/mol. The highest BCUT2D eigenvalue weighted by Crippen LogP contribution is 2.24. The Morgan fingerprint density at radius 1 is 1.25 bits per heavy atom. The van der Waals surface area contributed by atoms with Gasteiger partial charge in [-0.2, -0.15) is 0 Å². The normalized spacial score (nSPS) is 10.2. The lowest BCUT2D eigenvalue weighted by Gasteiger charge is -2.09. The molecule has 7 heteroatoms. The van der Waals surface area contributed by atoms with Crippen LogP contribution in [0.25, 0.3) is 0 Å². The topological polar surface area (TPSA) is 81.5 Å². The maximum absolute atomic E-state index is 12.2. The molecule has 1 N–H and O–H groups in total. The van der Waals surface area contributed by atoms with Gasteiger partial charge in [0.1, 0.15) is 5.75 Å². The van der Waals surface area contributed by atoms with E-state index >= 15 is 0 Å². The van der Waals surface area contributed by atoms with Crippen molar-refractivity contribution in [3.05, 3.63) is 63.2 Å². The highest BCUT2D eigenvalue weighted by molar-refractivity contribution is 6.34. The average Bonchev–Trinajstić information content (AvgIpc) is 2.56. The summed E-state index contributed by atoms with van der Waals surface area (Å²) in [5.41, 5.74) is 0.591. The highest BCUT2D eigenvalue weighted by atomic mass is 35.5. The zero-order valence-electron chi connectivity index (χ0n) is 13.1. The van der Waals surface area contributed by atoms with Crippen molar-refractivity contribution in [2.75, 3.05) is 11.9 Å². The SMILES string of the molecule is CCCCOc1ccc(NC(=O)c2ccc([N+](=O)[O-])cc2Cl)cc1. The molecule has 0 aliphatic heterocycles. The molecule has 0 aromatic heterocycles. The number of non-ortho nitro benzene ring substituents is 1. The largest absolute Gasteiger partial charge is 0.494 e. The molecule has 0 atom stereocenters. The fraction of sp³-hybridized carbons (Fsp3) is 0.235. The molecule has 0 aliphatic carbocycles. The molecule has 0 radical (unpaired) electrons. The quantitative estimate of drug-likeness (QED) is 0.447. The van der Waals surface area contributed by atoms with E-state index in [1.54, 1.807) is 24.3 Å².